The lowest BCUT2D eigenvalue weighted by molar-refractivity contribution is -0.147. The molecular formula is C20H22ClNO4. The average Bonchev–Trinajstić information content (AvgIpc) is 2.62. The number of rotatable bonds is 8. The van der Waals surface area contributed by atoms with Crippen molar-refractivity contribution in [3.05, 3.63) is 58.6 Å². The Kier molecular flexibility index (Phi) is 7.48. The van der Waals surface area contributed by atoms with Crippen molar-refractivity contribution in [2.75, 3.05) is 18.5 Å². The van der Waals surface area contributed by atoms with E-state index in [1.165, 1.54) is 0 Å². The molecule has 0 spiro atoms. The first-order valence-electron chi connectivity index (χ1n) is 8.36. The van der Waals surface area contributed by atoms with Crippen molar-refractivity contribution in [3.8, 4) is 5.75 Å². The molecule has 0 bridgehead atoms. The van der Waals surface area contributed by atoms with Crippen LogP contribution in [0.1, 0.15) is 24.0 Å². The third kappa shape index (κ3) is 6.41. The van der Waals surface area contributed by atoms with Crippen LogP contribution in [0.4, 0.5) is 5.69 Å². The van der Waals surface area contributed by atoms with E-state index in [0.29, 0.717) is 23.7 Å². The molecule has 0 aromatic heterocycles. The predicted octanol–water partition coefficient (Wildman–Crippen LogP) is 4.30. The fourth-order valence-electron chi connectivity index (χ4n) is 2.19. The number of nitrogens with one attached hydrogen (secondary N) is 1. The number of amides is 1. The van der Waals surface area contributed by atoms with Crippen LogP contribution in [0.25, 0.3) is 0 Å². The quantitative estimate of drug-likeness (QED) is 0.552. The van der Waals surface area contributed by atoms with E-state index in [1.54, 1.807) is 25.1 Å². The molecule has 0 atom stereocenters. The zero-order valence-corrected chi connectivity index (χ0v) is 15.6. The summed E-state index contributed by atoms with van der Waals surface area (Å²) in [4.78, 5) is 23.6. The van der Waals surface area contributed by atoms with E-state index in [4.69, 9.17) is 21.1 Å². The van der Waals surface area contributed by atoms with Gasteiger partial charge in [-0.15, -0.1) is 0 Å². The Balaban J connectivity index is 1.64. The van der Waals surface area contributed by atoms with Crippen LogP contribution < -0.4 is 10.1 Å². The molecule has 0 heterocycles. The summed E-state index contributed by atoms with van der Waals surface area (Å²) >= 11 is 6.00. The summed E-state index contributed by atoms with van der Waals surface area (Å²) in [5.74, 6) is -0.0738. The number of benzene rings is 2. The highest BCUT2D eigenvalue weighted by Gasteiger charge is 2.10. The third-order valence-electron chi connectivity index (χ3n) is 3.72. The molecule has 6 heteroatoms. The summed E-state index contributed by atoms with van der Waals surface area (Å²) in [5, 5.41) is 3.24. The molecule has 0 fully saturated rings. The van der Waals surface area contributed by atoms with Crippen LogP contribution in [-0.4, -0.2) is 25.1 Å². The number of hydrogen-bond acceptors (Lipinski definition) is 4. The predicted molar refractivity (Wildman–Crippen MR) is 102 cm³/mol. The zero-order chi connectivity index (χ0) is 18.9. The van der Waals surface area contributed by atoms with Gasteiger partial charge >= 0.3 is 5.97 Å². The van der Waals surface area contributed by atoms with E-state index in [2.05, 4.69) is 5.32 Å². The van der Waals surface area contributed by atoms with Gasteiger partial charge in [0.2, 0.25) is 0 Å². The van der Waals surface area contributed by atoms with Gasteiger partial charge in [0.05, 0.1) is 6.61 Å². The normalized spacial score (nSPS) is 10.3. The topological polar surface area (TPSA) is 64.6 Å². The molecular weight excluding hydrogens is 354 g/mol. The van der Waals surface area contributed by atoms with Gasteiger partial charge in [-0.05, 0) is 50.1 Å². The molecule has 26 heavy (non-hydrogen) atoms. The number of carbonyl (C=O) groups excluding carboxylic acids is 2. The first kappa shape index (κ1) is 19.8. The molecule has 0 unspecified atom stereocenters. The summed E-state index contributed by atoms with van der Waals surface area (Å²) < 4.78 is 10.5. The highest BCUT2D eigenvalue weighted by atomic mass is 35.5. The van der Waals surface area contributed by atoms with Crippen molar-refractivity contribution in [3.63, 3.8) is 0 Å². The molecule has 0 radical (unpaired) electrons. The van der Waals surface area contributed by atoms with Crippen LogP contribution in [0.2, 0.25) is 5.02 Å². The minimum Gasteiger partial charge on any atom is -0.494 e. The van der Waals surface area contributed by atoms with Gasteiger partial charge in [0.25, 0.3) is 5.91 Å². The van der Waals surface area contributed by atoms with Crippen LogP contribution in [0.3, 0.4) is 0 Å². The van der Waals surface area contributed by atoms with Gasteiger partial charge < -0.3 is 14.8 Å². The first-order valence-corrected chi connectivity index (χ1v) is 8.73. The van der Waals surface area contributed by atoms with Crippen molar-refractivity contribution < 1.29 is 19.1 Å². The molecule has 5 nitrogen and oxygen atoms in total. The maximum absolute atomic E-state index is 11.9. The largest absolute Gasteiger partial charge is 0.494 e. The molecule has 0 aliphatic carbocycles. The Labute approximate surface area is 158 Å². The number of carbonyl (C=O) groups is 2. The minimum absolute atomic E-state index is 0.190. The molecule has 0 aliphatic heterocycles. The van der Waals surface area contributed by atoms with E-state index in [0.717, 1.165) is 16.9 Å². The molecule has 138 valence electrons. The van der Waals surface area contributed by atoms with Gasteiger partial charge in [-0.3, -0.25) is 9.59 Å². The number of anilines is 1. The summed E-state index contributed by atoms with van der Waals surface area (Å²) in [7, 11) is 0. The Morgan fingerprint density at radius 2 is 1.81 bits per heavy atom. The van der Waals surface area contributed by atoms with Crippen LogP contribution in [0.15, 0.2) is 42.5 Å². The van der Waals surface area contributed by atoms with Crippen LogP contribution in [-0.2, 0) is 14.3 Å². The van der Waals surface area contributed by atoms with E-state index in [-0.39, 0.29) is 13.0 Å². The molecule has 2 aromatic carbocycles. The van der Waals surface area contributed by atoms with Gasteiger partial charge in [0.15, 0.2) is 6.61 Å². The summed E-state index contributed by atoms with van der Waals surface area (Å²) in [6.07, 6.45) is 0.705. The highest BCUT2D eigenvalue weighted by molar-refractivity contribution is 6.31. The summed E-state index contributed by atoms with van der Waals surface area (Å²) in [6, 6.07) is 12.9. The maximum Gasteiger partial charge on any atom is 0.306 e. The van der Waals surface area contributed by atoms with Crippen molar-refractivity contribution in [2.24, 2.45) is 0 Å². The van der Waals surface area contributed by atoms with Crippen molar-refractivity contribution in [1.29, 1.82) is 0 Å². The maximum atomic E-state index is 11.9. The van der Waals surface area contributed by atoms with Crippen LogP contribution in [0.5, 0.6) is 5.75 Å². The number of esters is 1. The van der Waals surface area contributed by atoms with Crippen molar-refractivity contribution in [2.45, 2.75) is 26.7 Å². The minimum atomic E-state index is -0.435. The van der Waals surface area contributed by atoms with Crippen molar-refractivity contribution >= 4 is 29.2 Å². The second kappa shape index (κ2) is 9.82. The summed E-state index contributed by atoms with van der Waals surface area (Å²) in [6.45, 7) is 3.89. The van der Waals surface area contributed by atoms with Gasteiger partial charge in [0.1, 0.15) is 5.75 Å². The van der Waals surface area contributed by atoms with Crippen LogP contribution >= 0.6 is 11.6 Å². The molecule has 2 aromatic rings. The van der Waals surface area contributed by atoms with E-state index in [9.17, 15) is 9.59 Å². The molecule has 0 aliphatic rings. The number of halogens is 1. The lowest BCUT2D eigenvalue weighted by Crippen LogP contribution is -2.21. The second-order valence-corrected chi connectivity index (χ2v) is 6.29. The zero-order valence-electron chi connectivity index (χ0n) is 14.9. The van der Waals surface area contributed by atoms with E-state index in [1.807, 2.05) is 31.2 Å². The lowest BCUT2D eigenvalue weighted by atomic mass is 10.2. The number of aryl methyl sites for hydroxylation is 1. The Morgan fingerprint density at radius 1 is 1.08 bits per heavy atom. The Bertz CT molecular complexity index is 759. The molecule has 1 amide bonds. The van der Waals surface area contributed by atoms with E-state index >= 15 is 0 Å². The first-order chi connectivity index (χ1) is 12.5. The fourth-order valence-corrected chi connectivity index (χ4v) is 2.36. The smallest absolute Gasteiger partial charge is 0.306 e. The van der Waals surface area contributed by atoms with E-state index < -0.39 is 11.9 Å². The average molecular weight is 376 g/mol. The molecule has 2 rings (SSSR count). The number of ether oxygens (including phenoxy) is 2. The lowest BCUT2D eigenvalue weighted by Gasteiger charge is -2.10. The SMILES string of the molecule is Cc1ccc(OCCCC(=O)OCC(=O)Nc2cccc(Cl)c2C)cc1. The monoisotopic (exact) mass is 375 g/mol. The van der Waals surface area contributed by atoms with Crippen molar-refractivity contribution in [1.82, 2.24) is 0 Å². The second-order valence-electron chi connectivity index (χ2n) is 5.89. The summed E-state index contributed by atoms with van der Waals surface area (Å²) in [5.41, 5.74) is 2.53. The number of hydrogen-bond donors (Lipinski definition) is 1. The molecule has 1 N–H and O–H groups in total. The van der Waals surface area contributed by atoms with Gasteiger partial charge in [-0.25, -0.2) is 0 Å². The fraction of sp³-hybridized carbons (Fsp3) is 0.300. The molecule has 0 saturated heterocycles. The van der Waals surface area contributed by atoms with Gasteiger partial charge in [-0.2, -0.15) is 0 Å². The molecule has 0 saturated carbocycles. The third-order valence-corrected chi connectivity index (χ3v) is 4.13. The standard InChI is InChI=1S/C20H22ClNO4/c1-14-8-10-16(11-9-14)25-12-4-7-20(24)26-13-19(23)22-18-6-3-5-17(21)15(18)2/h3,5-6,8-11H,4,7,12-13H2,1-2H3,(H,22,23). The Morgan fingerprint density at radius 3 is 2.54 bits per heavy atom. The Hall–Kier alpha value is -2.53. The highest BCUT2D eigenvalue weighted by Crippen LogP contribution is 2.22. The van der Waals surface area contributed by atoms with Crippen LogP contribution in [0, 0.1) is 13.8 Å². The van der Waals surface area contributed by atoms with Gasteiger partial charge in [-0.1, -0.05) is 35.4 Å². The van der Waals surface area contributed by atoms with Gasteiger partial charge in [0, 0.05) is 17.1 Å².